The average molecular weight is 292 g/mol. The van der Waals surface area contributed by atoms with E-state index in [0.717, 1.165) is 25.7 Å². The third-order valence-electron chi connectivity index (χ3n) is 3.41. The van der Waals surface area contributed by atoms with Crippen LogP contribution in [-0.2, 0) is 10.0 Å². The van der Waals surface area contributed by atoms with Crippen molar-refractivity contribution in [3.05, 3.63) is 11.9 Å². The van der Waals surface area contributed by atoms with Crippen molar-refractivity contribution in [1.82, 2.24) is 14.9 Å². The molecule has 0 amide bonds. The van der Waals surface area contributed by atoms with Crippen molar-refractivity contribution in [3.63, 3.8) is 0 Å². The number of aryl methyl sites for hydroxylation is 1. The fourth-order valence-electron chi connectivity index (χ4n) is 2.24. The number of nitrogens with one attached hydrogen (secondary N) is 2. The molecule has 0 aromatic carbocycles. The van der Waals surface area contributed by atoms with E-state index in [4.69, 9.17) is 11.6 Å². The Morgan fingerprint density at radius 2 is 2.11 bits per heavy atom. The zero-order valence-corrected chi connectivity index (χ0v) is 11.9. The van der Waals surface area contributed by atoms with Crippen molar-refractivity contribution in [1.29, 1.82) is 0 Å². The lowest BCUT2D eigenvalue weighted by molar-refractivity contribution is 0.361. The van der Waals surface area contributed by atoms with Crippen LogP contribution in [0.5, 0.6) is 0 Å². The molecule has 0 saturated heterocycles. The van der Waals surface area contributed by atoms with Gasteiger partial charge < -0.3 is 0 Å². The Hall–Kier alpha value is -0.590. The van der Waals surface area contributed by atoms with Gasteiger partial charge in [-0.1, -0.05) is 0 Å². The highest BCUT2D eigenvalue weighted by Crippen LogP contribution is 2.27. The summed E-state index contributed by atoms with van der Waals surface area (Å²) < 4.78 is 26.7. The van der Waals surface area contributed by atoms with Crippen LogP contribution in [0.15, 0.2) is 11.1 Å². The number of hydrogen-bond acceptors (Lipinski definition) is 3. The number of aromatic nitrogens is 2. The van der Waals surface area contributed by atoms with Crippen LogP contribution in [0.4, 0.5) is 0 Å². The van der Waals surface area contributed by atoms with Crippen molar-refractivity contribution in [2.45, 2.75) is 42.9 Å². The Morgan fingerprint density at radius 1 is 1.44 bits per heavy atom. The molecule has 7 heteroatoms. The first kappa shape index (κ1) is 13.8. The van der Waals surface area contributed by atoms with Gasteiger partial charge in [-0.15, -0.1) is 11.6 Å². The highest BCUT2D eigenvalue weighted by atomic mass is 35.5. The number of aromatic amines is 1. The maximum absolute atomic E-state index is 12.0. The molecule has 0 atom stereocenters. The van der Waals surface area contributed by atoms with Gasteiger partial charge in [0.05, 0.1) is 11.9 Å². The van der Waals surface area contributed by atoms with Crippen molar-refractivity contribution >= 4 is 21.6 Å². The second kappa shape index (κ2) is 5.59. The minimum absolute atomic E-state index is 0.230. The molecular weight excluding hydrogens is 274 g/mol. The van der Waals surface area contributed by atoms with Gasteiger partial charge in [-0.25, -0.2) is 13.1 Å². The van der Waals surface area contributed by atoms with Crippen LogP contribution in [0, 0.1) is 12.8 Å². The molecule has 2 N–H and O–H groups in total. The Labute approximate surface area is 112 Å². The predicted octanol–water partition coefficient (Wildman–Crippen LogP) is 1.79. The molecular formula is C11H18ClN3O2S. The molecule has 0 bridgehead atoms. The zero-order valence-electron chi connectivity index (χ0n) is 10.3. The minimum atomic E-state index is -3.44. The number of H-pyrrole nitrogens is 1. The molecule has 1 aliphatic carbocycles. The smallest absolute Gasteiger partial charge is 0.243 e. The van der Waals surface area contributed by atoms with Gasteiger partial charge in [0.25, 0.3) is 0 Å². The van der Waals surface area contributed by atoms with Crippen LogP contribution in [0.25, 0.3) is 0 Å². The fraction of sp³-hybridized carbons (Fsp3) is 0.727. The van der Waals surface area contributed by atoms with E-state index < -0.39 is 10.0 Å². The monoisotopic (exact) mass is 291 g/mol. The van der Waals surface area contributed by atoms with E-state index in [-0.39, 0.29) is 10.3 Å². The Kier molecular flexibility index (Phi) is 4.29. The minimum Gasteiger partial charge on any atom is -0.281 e. The molecule has 0 radical (unpaired) electrons. The van der Waals surface area contributed by atoms with Crippen molar-refractivity contribution in [3.8, 4) is 0 Å². The Balaban J connectivity index is 1.92. The maximum atomic E-state index is 12.0. The standard InChI is InChI=1S/C11H18ClN3O2S/c1-8-11(7-13-15-8)18(16,17)14-6-9-2-4-10(12)5-3-9/h7,9-10,14H,2-6H2,1H3,(H,13,15). The number of alkyl halides is 1. The summed E-state index contributed by atoms with van der Waals surface area (Å²) in [4.78, 5) is 0.230. The van der Waals surface area contributed by atoms with Gasteiger partial charge in [-0.3, -0.25) is 5.10 Å². The summed E-state index contributed by atoms with van der Waals surface area (Å²) in [7, 11) is -3.44. The van der Waals surface area contributed by atoms with E-state index in [0.29, 0.717) is 18.2 Å². The molecule has 5 nitrogen and oxygen atoms in total. The summed E-state index contributed by atoms with van der Waals surface area (Å²) in [5.41, 5.74) is 0.562. The van der Waals surface area contributed by atoms with Gasteiger partial charge >= 0.3 is 0 Å². The second-order valence-electron chi connectivity index (χ2n) is 4.83. The number of nitrogens with zero attached hydrogens (tertiary/aromatic N) is 1. The molecule has 102 valence electrons. The van der Waals surface area contributed by atoms with E-state index in [1.807, 2.05) is 0 Å². The van der Waals surface area contributed by atoms with E-state index in [1.165, 1.54) is 6.20 Å². The van der Waals surface area contributed by atoms with Crippen molar-refractivity contribution in [2.75, 3.05) is 6.54 Å². The lowest BCUT2D eigenvalue weighted by Crippen LogP contribution is -2.31. The molecule has 2 rings (SSSR count). The lowest BCUT2D eigenvalue weighted by atomic mass is 9.89. The topological polar surface area (TPSA) is 74.8 Å². The van der Waals surface area contributed by atoms with Gasteiger partial charge in [-0.05, 0) is 38.5 Å². The maximum Gasteiger partial charge on any atom is 0.243 e. The first-order chi connectivity index (χ1) is 8.49. The summed E-state index contributed by atoms with van der Waals surface area (Å²) in [5, 5.41) is 6.62. The first-order valence-electron chi connectivity index (χ1n) is 6.13. The largest absolute Gasteiger partial charge is 0.281 e. The predicted molar refractivity (Wildman–Crippen MR) is 70.1 cm³/mol. The van der Waals surface area contributed by atoms with E-state index in [9.17, 15) is 8.42 Å². The third kappa shape index (κ3) is 3.24. The number of rotatable bonds is 4. The molecule has 1 heterocycles. The molecule has 0 unspecified atom stereocenters. The quantitative estimate of drug-likeness (QED) is 0.831. The normalized spacial score (nSPS) is 25.2. The molecule has 1 saturated carbocycles. The van der Waals surface area contributed by atoms with Crippen molar-refractivity contribution < 1.29 is 8.42 Å². The second-order valence-corrected chi connectivity index (χ2v) is 7.18. The van der Waals surface area contributed by atoms with Gasteiger partial charge in [0.1, 0.15) is 4.90 Å². The summed E-state index contributed by atoms with van der Waals surface area (Å²) in [6.07, 6.45) is 5.26. The third-order valence-corrected chi connectivity index (χ3v) is 5.39. The van der Waals surface area contributed by atoms with Crippen molar-refractivity contribution in [2.24, 2.45) is 5.92 Å². The highest BCUT2D eigenvalue weighted by Gasteiger charge is 2.23. The highest BCUT2D eigenvalue weighted by molar-refractivity contribution is 7.89. The number of sulfonamides is 1. The molecule has 1 aliphatic rings. The summed E-state index contributed by atoms with van der Waals surface area (Å²) >= 11 is 6.02. The lowest BCUT2D eigenvalue weighted by Gasteiger charge is -2.24. The SMILES string of the molecule is Cc1[nH]ncc1S(=O)(=O)NCC1CCC(Cl)CC1. The van der Waals surface area contributed by atoms with Gasteiger partial charge in [-0.2, -0.15) is 5.10 Å². The van der Waals surface area contributed by atoms with Crippen LogP contribution >= 0.6 is 11.6 Å². The Bertz CT molecular complexity index is 492. The van der Waals surface area contributed by atoms with Crippen LogP contribution in [0.3, 0.4) is 0 Å². The fourth-order valence-corrected chi connectivity index (χ4v) is 3.74. The molecule has 1 aromatic heterocycles. The van der Waals surface area contributed by atoms with Crippen LogP contribution in [0.2, 0.25) is 0 Å². The number of halogens is 1. The van der Waals surface area contributed by atoms with E-state index >= 15 is 0 Å². The zero-order chi connectivity index (χ0) is 13.2. The molecule has 0 spiro atoms. The number of hydrogen-bond donors (Lipinski definition) is 2. The molecule has 1 aromatic rings. The average Bonchev–Trinajstić information content (AvgIpc) is 2.76. The first-order valence-corrected chi connectivity index (χ1v) is 8.04. The van der Waals surface area contributed by atoms with Gasteiger partial charge in [0, 0.05) is 11.9 Å². The summed E-state index contributed by atoms with van der Waals surface area (Å²) in [6, 6.07) is 0. The van der Waals surface area contributed by atoms with Gasteiger partial charge in [0.15, 0.2) is 0 Å². The molecule has 18 heavy (non-hydrogen) atoms. The summed E-state index contributed by atoms with van der Waals surface area (Å²) in [6.45, 7) is 2.18. The molecule has 1 fully saturated rings. The molecule has 0 aliphatic heterocycles. The van der Waals surface area contributed by atoms with E-state index in [2.05, 4.69) is 14.9 Å². The van der Waals surface area contributed by atoms with E-state index in [1.54, 1.807) is 6.92 Å². The van der Waals surface area contributed by atoms with Crippen LogP contribution in [-0.4, -0.2) is 30.5 Å². The Morgan fingerprint density at radius 3 is 2.67 bits per heavy atom. The van der Waals surface area contributed by atoms with Gasteiger partial charge in [0.2, 0.25) is 10.0 Å². The van der Waals surface area contributed by atoms with Crippen LogP contribution in [0.1, 0.15) is 31.4 Å². The van der Waals surface area contributed by atoms with Crippen LogP contribution < -0.4 is 4.72 Å². The summed E-state index contributed by atoms with van der Waals surface area (Å²) in [5.74, 6) is 0.391.